The average Bonchev–Trinajstić information content (AvgIpc) is 2.67. The molecule has 1 heteroatoms. The van der Waals surface area contributed by atoms with Crippen molar-refractivity contribution in [2.24, 2.45) is 17.3 Å². The largest absolute Gasteiger partial charge is 0.337 e. The lowest BCUT2D eigenvalue weighted by Gasteiger charge is -2.40. The normalized spacial score (nSPS) is 16.0. The maximum absolute atomic E-state index is 2.48. The SMILES string of the molecule is CC(C)C1(C(C)C)C=CC(CN(c2ccccc2)c2ccccc2)=CC1. The van der Waals surface area contributed by atoms with Crippen LogP contribution in [0.1, 0.15) is 34.1 Å². The molecule has 0 atom stereocenters. The maximum atomic E-state index is 2.48. The second kappa shape index (κ2) is 7.95. The summed E-state index contributed by atoms with van der Waals surface area (Å²) in [6.07, 6.45) is 8.43. The third-order valence-corrected chi connectivity index (χ3v) is 5.95. The molecule has 2 aromatic rings. The van der Waals surface area contributed by atoms with Crippen molar-refractivity contribution in [1.29, 1.82) is 0 Å². The molecule has 1 aliphatic rings. The van der Waals surface area contributed by atoms with Crippen LogP contribution in [0.15, 0.2) is 84.5 Å². The summed E-state index contributed by atoms with van der Waals surface area (Å²) in [5, 5.41) is 0. The summed E-state index contributed by atoms with van der Waals surface area (Å²) in [6.45, 7) is 10.3. The van der Waals surface area contributed by atoms with Gasteiger partial charge in [0.25, 0.3) is 0 Å². The second-order valence-corrected chi connectivity index (χ2v) is 8.00. The van der Waals surface area contributed by atoms with E-state index in [0.717, 1.165) is 13.0 Å². The van der Waals surface area contributed by atoms with E-state index in [2.05, 4.69) is 111 Å². The molecular formula is C25H31N. The molecule has 0 unspecified atom stereocenters. The molecule has 0 radical (unpaired) electrons. The fourth-order valence-corrected chi connectivity index (χ4v) is 4.08. The molecule has 0 spiro atoms. The van der Waals surface area contributed by atoms with Gasteiger partial charge < -0.3 is 4.90 Å². The van der Waals surface area contributed by atoms with Gasteiger partial charge in [-0.2, -0.15) is 0 Å². The summed E-state index contributed by atoms with van der Waals surface area (Å²) in [4.78, 5) is 2.40. The van der Waals surface area contributed by atoms with Gasteiger partial charge in [0.1, 0.15) is 0 Å². The summed E-state index contributed by atoms with van der Waals surface area (Å²) in [7, 11) is 0. The molecule has 136 valence electrons. The van der Waals surface area contributed by atoms with Gasteiger partial charge in [-0.25, -0.2) is 0 Å². The number of hydrogen-bond donors (Lipinski definition) is 0. The second-order valence-electron chi connectivity index (χ2n) is 8.00. The fourth-order valence-electron chi connectivity index (χ4n) is 4.08. The number of benzene rings is 2. The van der Waals surface area contributed by atoms with Gasteiger partial charge >= 0.3 is 0 Å². The molecule has 0 saturated heterocycles. The van der Waals surface area contributed by atoms with Crippen LogP contribution >= 0.6 is 0 Å². The van der Waals surface area contributed by atoms with Gasteiger partial charge in [-0.05, 0) is 53.5 Å². The van der Waals surface area contributed by atoms with Crippen LogP contribution in [-0.2, 0) is 0 Å². The lowest BCUT2D eigenvalue weighted by molar-refractivity contribution is 0.180. The van der Waals surface area contributed by atoms with Crippen molar-refractivity contribution in [3.63, 3.8) is 0 Å². The molecule has 0 amide bonds. The number of nitrogens with zero attached hydrogens (tertiary/aromatic N) is 1. The molecule has 0 aliphatic heterocycles. The average molecular weight is 346 g/mol. The number of rotatable bonds is 6. The van der Waals surface area contributed by atoms with Crippen LogP contribution < -0.4 is 4.90 Å². The number of allylic oxidation sites excluding steroid dienone is 2. The first kappa shape index (κ1) is 18.5. The smallest absolute Gasteiger partial charge is 0.0478 e. The Morgan fingerprint density at radius 1 is 0.808 bits per heavy atom. The van der Waals surface area contributed by atoms with Crippen LogP contribution in [0.2, 0.25) is 0 Å². The Hall–Kier alpha value is -2.28. The predicted octanol–water partition coefficient (Wildman–Crippen LogP) is 7.01. The molecule has 0 N–H and O–H groups in total. The van der Waals surface area contributed by atoms with Crippen LogP contribution in [-0.4, -0.2) is 6.54 Å². The zero-order chi connectivity index (χ0) is 18.6. The van der Waals surface area contributed by atoms with Crippen molar-refractivity contribution in [3.05, 3.63) is 84.5 Å². The zero-order valence-electron chi connectivity index (χ0n) is 16.5. The minimum Gasteiger partial charge on any atom is -0.337 e. The van der Waals surface area contributed by atoms with Crippen LogP contribution in [0.25, 0.3) is 0 Å². The van der Waals surface area contributed by atoms with Gasteiger partial charge in [-0.15, -0.1) is 0 Å². The van der Waals surface area contributed by atoms with E-state index in [1.807, 2.05) is 0 Å². The molecule has 0 fully saturated rings. The van der Waals surface area contributed by atoms with Gasteiger partial charge in [0.2, 0.25) is 0 Å². The first-order valence-electron chi connectivity index (χ1n) is 9.79. The van der Waals surface area contributed by atoms with Crippen LogP contribution in [0, 0.1) is 17.3 Å². The van der Waals surface area contributed by atoms with Crippen molar-refractivity contribution >= 4 is 11.4 Å². The van der Waals surface area contributed by atoms with Crippen molar-refractivity contribution in [2.75, 3.05) is 11.4 Å². The van der Waals surface area contributed by atoms with Crippen LogP contribution in [0.4, 0.5) is 11.4 Å². The molecule has 1 aliphatic carbocycles. The highest BCUT2D eigenvalue weighted by atomic mass is 15.1. The zero-order valence-corrected chi connectivity index (χ0v) is 16.5. The van der Waals surface area contributed by atoms with Crippen molar-refractivity contribution in [3.8, 4) is 0 Å². The Labute approximate surface area is 159 Å². The highest BCUT2D eigenvalue weighted by molar-refractivity contribution is 5.64. The molecule has 26 heavy (non-hydrogen) atoms. The van der Waals surface area contributed by atoms with E-state index in [1.165, 1.54) is 16.9 Å². The molecule has 1 nitrogen and oxygen atoms in total. The minimum absolute atomic E-state index is 0.286. The Kier molecular flexibility index (Phi) is 5.66. The van der Waals surface area contributed by atoms with Crippen molar-refractivity contribution < 1.29 is 0 Å². The van der Waals surface area contributed by atoms with Crippen LogP contribution in [0.3, 0.4) is 0 Å². The Balaban J connectivity index is 1.86. The highest BCUT2D eigenvalue weighted by Gasteiger charge is 2.35. The lowest BCUT2D eigenvalue weighted by Crippen LogP contribution is -2.32. The van der Waals surface area contributed by atoms with Gasteiger partial charge in [-0.3, -0.25) is 0 Å². The minimum atomic E-state index is 0.286. The van der Waals surface area contributed by atoms with E-state index in [1.54, 1.807) is 0 Å². The number of anilines is 2. The molecule has 0 aromatic heterocycles. The Morgan fingerprint density at radius 2 is 1.31 bits per heavy atom. The van der Waals surface area contributed by atoms with E-state index >= 15 is 0 Å². The first-order valence-corrected chi connectivity index (χ1v) is 9.79. The lowest BCUT2D eigenvalue weighted by atomic mass is 9.65. The quantitative estimate of drug-likeness (QED) is 0.544. The topological polar surface area (TPSA) is 3.24 Å². The standard InChI is InChI=1S/C25H31N/c1-20(2)25(21(3)4)17-15-22(16-18-25)19-26(23-11-7-5-8-12-23)24-13-9-6-10-14-24/h5-17,20-21H,18-19H2,1-4H3. The summed E-state index contributed by atoms with van der Waals surface area (Å²) < 4.78 is 0. The predicted molar refractivity (Wildman–Crippen MR) is 114 cm³/mol. The van der Waals surface area contributed by atoms with Crippen molar-refractivity contribution in [1.82, 2.24) is 0 Å². The third kappa shape index (κ3) is 3.77. The molecular weight excluding hydrogens is 314 g/mol. The maximum Gasteiger partial charge on any atom is 0.0478 e. The molecule has 0 bridgehead atoms. The van der Waals surface area contributed by atoms with Gasteiger partial charge in [0.05, 0.1) is 0 Å². The molecule has 2 aromatic carbocycles. The van der Waals surface area contributed by atoms with Gasteiger partial charge in [0.15, 0.2) is 0 Å². The Morgan fingerprint density at radius 3 is 1.69 bits per heavy atom. The van der Waals surface area contributed by atoms with E-state index in [9.17, 15) is 0 Å². The monoisotopic (exact) mass is 345 g/mol. The van der Waals surface area contributed by atoms with E-state index < -0.39 is 0 Å². The highest BCUT2D eigenvalue weighted by Crippen LogP contribution is 2.44. The third-order valence-electron chi connectivity index (χ3n) is 5.95. The summed E-state index contributed by atoms with van der Waals surface area (Å²) in [5.41, 5.74) is 4.15. The summed E-state index contributed by atoms with van der Waals surface area (Å²) in [5.74, 6) is 1.30. The summed E-state index contributed by atoms with van der Waals surface area (Å²) in [6, 6.07) is 21.3. The Bertz CT molecular complexity index is 706. The number of para-hydroxylation sites is 2. The van der Waals surface area contributed by atoms with E-state index in [0.29, 0.717) is 11.8 Å². The first-order chi connectivity index (χ1) is 12.5. The van der Waals surface area contributed by atoms with Gasteiger partial charge in [-0.1, -0.05) is 82.3 Å². The fraction of sp³-hybridized carbons (Fsp3) is 0.360. The number of hydrogen-bond acceptors (Lipinski definition) is 1. The molecule has 3 rings (SSSR count). The van der Waals surface area contributed by atoms with Crippen molar-refractivity contribution in [2.45, 2.75) is 34.1 Å². The van der Waals surface area contributed by atoms with E-state index in [4.69, 9.17) is 0 Å². The van der Waals surface area contributed by atoms with Crippen LogP contribution in [0.5, 0.6) is 0 Å². The van der Waals surface area contributed by atoms with Gasteiger partial charge in [0, 0.05) is 17.9 Å². The van der Waals surface area contributed by atoms with E-state index in [-0.39, 0.29) is 5.41 Å². The molecule has 0 saturated carbocycles. The summed E-state index contributed by atoms with van der Waals surface area (Å²) >= 11 is 0. The molecule has 0 heterocycles.